The summed E-state index contributed by atoms with van der Waals surface area (Å²) < 4.78 is 5.09. The lowest BCUT2D eigenvalue weighted by Gasteiger charge is -2.36. The number of nitrogens with one attached hydrogen (secondary N) is 1. The Morgan fingerprint density at radius 2 is 1.86 bits per heavy atom. The van der Waals surface area contributed by atoms with Crippen molar-refractivity contribution in [1.29, 1.82) is 0 Å². The second kappa shape index (κ2) is 9.88. The van der Waals surface area contributed by atoms with Crippen LogP contribution in [0.1, 0.15) is 6.42 Å². The fourth-order valence-corrected chi connectivity index (χ4v) is 3.35. The van der Waals surface area contributed by atoms with E-state index in [1.807, 2.05) is 18.2 Å². The zero-order valence-electron chi connectivity index (χ0n) is 16.5. The molecule has 1 saturated heterocycles. The first-order valence-electron chi connectivity index (χ1n) is 9.60. The highest BCUT2D eigenvalue weighted by Crippen LogP contribution is 2.17. The smallest absolute Gasteiger partial charge is 0.308 e. The number of hydrogen-bond donors (Lipinski definition) is 2. The molecule has 0 saturated carbocycles. The summed E-state index contributed by atoms with van der Waals surface area (Å²) in [7, 11) is 1.57. The normalized spacial score (nSPS) is 15.6. The van der Waals surface area contributed by atoms with E-state index in [1.165, 1.54) is 0 Å². The molecule has 154 valence electrons. The lowest BCUT2D eigenvalue weighted by Crippen LogP contribution is -2.49. The van der Waals surface area contributed by atoms with Crippen molar-refractivity contribution in [2.24, 2.45) is 5.92 Å². The minimum Gasteiger partial charge on any atom is -0.497 e. The van der Waals surface area contributed by atoms with Gasteiger partial charge in [0.1, 0.15) is 11.6 Å². The third-order valence-corrected chi connectivity index (χ3v) is 4.98. The average Bonchev–Trinajstić information content (AvgIpc) is 2.75. The van der Waals surface area contributed by atoms with E-state index in [2.05, 4.69) is 20.1 Å². The highest BCUT2D eigenvalue weighted by molar-refractivity contribution is 5.93. The maximum atomic E-state index is 12.3. The largest absolute Gasteiger partial charge is 0.497 e. The molecular weight excluding hydrogens is 372 g/mol. The Hall–Kier alpha value is -3.13. The van der Waals surface area contributed by atoms with Gasteiger partial charge in [-0.3, -0.25) is 14.5 Å². The van der Waals surface area contributed by atoms with E-state index >= 15 is 0 Å². The molecule has 2 N–H and O–H groups in total. The second-order valence-electron chi connectivity index (χ2n) is 6.99. The van der Waals surface area contributed by atoms with E-state index in [4.69, 9.17) is 4.74 Å². The topological polar surface area (TPSA) is 95.0 Å². The molecule has 1 aliphatic heterocycles. The van der Waals surface area contributed by atoms with Gasteiger partial charge in [-0.25, -0.2) is 4.98 Å². The molecule has 29 heavy (non-hydrogen) atoms. The fraction of sp³-hybridized carbons (Fsp3) is 0.381. The number of aliphatic carboxylic acids is 1. The summed E-state index contributed by atoms with van der Waals surface area (Å²) in [6.07, 6.45) is 1.70. The maximum Gasteiger partial charge on any atom is 0.308 e. The van der Waals surface area contributed by atoms with Crippen LogP contribution in [0.4, 0.5) is 11.5 Å². The van der Waals surface area contributed by atoms with Crippen LogP contribution < -0.4 is 15.0 Å². The van der Waals surface area contributed by atoms with Gasteiger partial charge in [0.2, 0.25) is 5.91 Å². The van der Waals surface area contributed by atoms with Gasteiger partial charge < -0.3 is 20.1 Å². The van der Waals surface area contributed by atoms with Crippen molar-refractivity contribution < 1.29 is 19.4 Å². The molecule has 0 aliphatic carbocycles. The summed E-state index contributed by atoms with van der Waals surface area (Å²) >= 11 is 0. The molecule has 2 heterocycles. The first-order chi connectivity index (χ1) is 14.0. The molecule has 1 amide bonds. The third-order valence-electron chi connectivity index (χ3n) is 4.98. The number of ether oxygens (including phenoxy) is 1. The van der Waals surface area contributed by atoms with Gasteiger partial charge >= 0.3 is 5.97 Å². The van der Waals surface area contributed by atoms with Crippen molar-refractivity contribution in [3.8, 4) is 5.75 Å². The molecular formula is C21H26N4O4. The molecule has 0 spiro atoms. The number of anilines is 2. The molecule has 1 aromatic heterocycles. The van der Waals surface area contributed by atoms with Crippen LogP contribution in [0.15, 0.2) is 48.7 Å². The van der Waals surface area contributed by atoms with Gasteiger partial charge in [0, 0.05) is 51.0 Å². The number of rotatable bonds is 8. The van der Waals surface area contributed by atoms with Crippen molar-refractivity contribution in [3.63, 3.8) is 0 Å². The predicted molar refractivity (Wildman–Crippen MR) is 110 cm³/mol. The Kier molecular flexibility index (Phi) is 7.02. The van der Waals surface area contributed by atoms with Gasteiger partial charge in [0.15, 0.2) is 0 Å². The van der Waals surface area contributed by atoms with E-state index in [1.54, 1.807) is 37.6 Å². The van der Waals surface area contributed by atoms with Crippen molar-refractivity contribution in [1.82, 2.24) is 9.88 Å². The van der Waals surface area contributed by atoms with Gasteiger partial charge in [-0.15, -0.1) is 0 Å². The highest BCUT2D eigenvalue weighted by atomic mass is 16.5. The minimum absolute atomic E-state index is 0.0676. The zero-order chi connectivity index (χ0) is 20.6. The number of carbonyl (C=O) groups excluding carboxylic acids is 1. The molecule has 0 bridgehead atoms. The summed E-state index contributed by atoms with van der Waals surface area (Å²) in [5.41, 5.74) is 0.615. The Bertz CT molecular complexity index is 805. The van der Waals surface area contributed by atoms with E-state index < -0.39 is 11.9 Å². The third kappa shape index (κ3) is 5.92. The minimum atomic E-state index is -0.956. The molecule has 1 aromatic carbocycles. The Labute approximate surface area is 170 Å². The molecule has 2 aromatic rings. The van der Waals surface area contributed by atoms with Crippen LogP contribution in [0.3, 0.4) is 0 Å². The number of piperazine rings is 1. The standard InChI is InChI=1S/C21H26N4O4/c1-29-18-7-5-17(6-8-18)23-20(26)14-16(21(27)28)15-24-10-12-25(13-11-24)19-4-2-3-9-22-19/h2-9,16H,10-15H2,1H3,(H,23,26)(H,27,28)/t16-/m0/s1. The van der Waals surface area contributed by atoms with Crippen molar-refractivity contribution in [2.45, 2.75) is 6.42 Å². The van der Waals surface area contributed by atoms with Crippen LogP contribution >= 0.6 is 0 Å². The van der Waals surface area contributed by atoms with E-state index in [-0.39, 0.29) is 12.3 Å². The lowest BCUT2D eigenvalue weighted by molar-refractivity contribution is -0.144. The molecule has 3 rings (SSSR count). The van der Waals surface area contributed by atoms with E-state index in [9.17, 15) is 14.7 Å². The number of aromatic nitrogens is 1. The highest BCUT2D eigenvalue weighted by Gasteiger charge is 2.26. The van der Waals surface area contributed by atoms with E-state index in [0.717, 1.165) is 32.0 Å². The van der Waals surface area contributed by atoms with Gasteiger partial charge in [0.25, 0.3) is 0 Å². The molecule has 0 unspecified atom stereocenters. The van der Waals surface area contributed by atoms with Crippen molar-refractivity contribution in [2.75, 3.05) is 50.1 Å². The summed E-state index contributed by atoms with van der Waals surface area (Å²) in [5, 5.41) is 12.3. The first-order valence-corrected chi connectivity index (χ1v) is 9.60. The van der Waals surface area contributed by atoms with Gasteiger partial charge in [0.05, 0.1) is 13.0 Å². The second-order valence-corrected chi connectivity index (χ2v) is 6.99. The number of carboxylic acid groups (broad SMARTS) is 1. The van der Waals surface area contributed by atoms with E-state index in [0.29, 0.717) is 18.0 Å². The quantitative estimate of drug-likeness (QED) is 0.702. The number of pyridine rings is 1. The summed E-state index contributed by atoms with van der Waals surface area (Å²) in [6, 6.07) is 12.7. The van der Waals surface area contributed by atoms with Crippen LogP contribution in [0, 0.1) is 5.92 Å². The molecule has 1 fully saturated rings. The number of hydrogen-bond acceptors (Lipinski definition) is 6. The molecule has 8 nitrogen and oxygen atoms in total. The maximum absolute atomic E-state index is 12.3. The van der Waals surface area contributed by atoms with Crippen LogP contribution in [0.2, 0.25) is 0 Å². The molecule has 1 aliphatic rings. The number of amides is 1. The molecule has 1 atom stereocenters. The number of methoxy groups -OCH3 is 1. The Morgan fingerprint density at radius 3 is 2.45 bits per heavy atom. The molecule has 8 heteroatoms. The van der Waals surface area contributed by atoms with Gasteiger partial charge in [-0.2, -0.15) is 0 Å². The Morgan fingerprint density at radius 1 is 1.14 bits per heavy atom. The number of nitrogens with zero attached hydrogens (tertiary/aromatic N) is 3. The average molecular weight is 398 g/mol. The molecule has 0 radical (unpaired) electrons. The van der Waals surface area contributed by atoms with Crippen molar-refractivity contribution >= 4 is 23.4 Å². The summed E-state index contributed by atoms with van der Waals surface area (Å²) in [5.74, 6) is -0.400. The van der Waals surface area contributed by atoms with Crippen molar-refractivity contribution in [3.05, 3.63) is 48.7 Å². The summed E-state index contributed by atoms with van der Waals surface area (Å²) in [6.45, 7) is 3.38. The van der Waals surface area contributed by atoms with Crippen LogP contribution in [0.5, 0.6) is 5.75 Å². The van der Waals surface area contributed by atoms with Gasteiger partial charge in [-0.1, -0.05) is 6.07 Å². The Balaban J connectivity index is 1.49. The SMILES string of the molecule is COc1ccc(NC(=O)C[C@@H](CN2CCN(c3ccccn3)CC2)C(=O)O)cc1. The van der Waals surface area contributed by atoms with Crippen LogP contribution in [0.25, 0.3) is 0 Å². The monoisotopic (exact) mass is 398 g/mol. The zero-order valence-corrected chi connectivity index (χ0v) is 16.5. The first kappa shape index (κ1) is 20.6. The fourth-order valence-electron chi connectivity index (χ4n) is 3.35. The number of carbonyl (C=O) groups is 2. The number of carboxylic acids is 1. The predicted octanol–water partition coefficient (Wildman–Crippen LogP) is 1.94. The van der Waals surface area contributed by atoms with Crippen LogP contribution in [-0.4, -0.2) is 66.7 Å². The van der Waals surface area contributed by atoms with Gasteiger partial charge in [-0.05, 0) is 36.4 Å². The lowest BCUT2D eigenvalue weighted by atomic mass is 10.0. The number of benzene rings is 1. The summed E-state index contributed by atoms with van der Waals surface area (Å²) in [4.78, 5) is 32.6. The van der Waals surface area contributed by atoms with Crippen LogP contribution in [-0.2, 0) is 9.59 Å².